The van der Waals surface area contributed by atoms with Gasteiger partial charge in [-0.3, -0.25) is 0 Å². The first-order valence-corrected chi connectivity index (χ1v) is 9.15. The van der Waals surface area contributed by atoms with Crippen LogP contribution in [0.2, 0.25) is 0 Å². The minimum atomic E-state index is 0.524. The van der Waals surface area contributed by atoms with Crippen LogP contribution in [0.4, 0.5) is 0 Å². The summed E-state index contributed by atoms with van der Waals surface area (Å²) >= 11 is 0. The monoisotopic (exact) mass is 374 g/mol. The average molecular weight is 374 g/mol. The highest BCUT2D eigenvalue weighted by atomic mass is 16.5. The number of nitrogens with zero attached hydrogens (tertiary/aromatic N) is 2. The molecule has 0 saturated heterocycles. The van der Waals surface area contributed by atoms with Crippen molar-refractivity contribution in [2.24, 2.45) is 0 Å². The molecule has 0 aliphatic heterocycles. The van der Waals surface area contributed by atoms with Crippen LogP contribution in [-0.2, 0) is 6.54 Å². The molecule has 0 aliphatic rings. The third-order valence-electron chi connectivity index (χ3n) is 4.63. The number of fused-ring (bicyclic) bond motifs is 1. The smallest absolute Gasteiger partial charge is 0.141 e. The molecule has 0 aliphatic carbocycles. The van der Waals surface area contributed by atoms with Gasteiger partial charge < -0.3 is 18.8 Å². The quantitative estimate of drug-likeness (QED) is 0.466. The summed E-state index contributed by atoms with van der Waals surface area (Å²) in [6.45, 7) is 1.20. The van der Waals surface area contributed by atoms with Crippen LogP contribution in [0.5, 0.6) is 17.2 Å². The third kappa shape index (κ3) is 3.64. The van der Waals surface area contributed by atoms with E-state index >= 15 is 0 Å². The molecule has 0 fully saturated rings. The molecule has 5 nitrogen and oxygen atoms in total. The lowest BCUT2D eigenvalue weighted by Gasteiger charge is -2.12. The molecule has 1 aromatic heterocycles. The normalized spacial score (nSPS) is 10.8. The van der Waals surface area contributed by atoms with Crippen LogP contribution in [0.3, 0.4) is 0 Å². The van der Waals surface area contributed by atoms with Gasteiger partial charge in [-0.2, -0.15) is 0 Å². The van der Waals surface area contributed by atoms with Crippen molar-refractivity contribution in [1.29, 1.82) is 0 Å². The maximum atomic E-state index is 5.95. The number of imidazole rings is 1. The molecule has 0 unspecified atom stereocenters. The van der Waals surface area contributed by atoms with Gasteiger partial charge in [0.1, 0.15) is 29.7 Å². The van der Waals surface area contributed by atoms with E-state index in [0.717, 1.165) is 39.7 Å². The molecule has 5 heteroatoms. The molecule has 142 valence electrons. The molecule has 4 rings (SSSR count). The zero-order chi connectivity index (χ0) is 19.3. The van der Waals surface area contributed by atoms with Crippen LogP contribution < -0.4 is 14.2 Å². The zero-order valence-electron chi connectivity index (χ0n) is 16.0. The topological polar surface area (TPSA) is 45.5 Å². The molecule has 0 saturated carbocycles. The van der Waals surface area contributed by atoms with E-state index in [2.05, 4.69) is 10.6 Å². The summed E-state index contributed by atoms with van der Waals surface area (Å²) in [5, 5.41) is 0. The van der Waals surface area contributed by atoms with Crippen molar-refractivity contribution in [2.75, 3.05) is 20.8 Å². The van der Waals surface area contributed by atoms with Gasteiger partial charge in [-0.05, 0) is 48.5 Å². The maximum absolute atomic E-state index is 5.95. The van der Waals surface area contributed by atoms with E-state index in [1.165, 1.54) is 0 Å². The summed E-state index contributed by atoms with van der Waals surface area (Å²) < 4.78 is 18.7. The minimum absolute atomic E-state index is 0.524. The highest BCUT2D eigenvalue weighted by Gasteiger charge is 2.12. The number of para-hydroxylation sites is 2. The van der Waals surface area contributed by atoms with Crippen molar-refractivity contribution in [3.8, 4) is 28.6 Å². The minimum Gasteiger partial charge on any atom is -0.497 e. The molecule has 28 heavy (non-hydrogen) atoms. The summed E-state index contributed by atoms with van der Waals surface area (Å²) in [7, 11) is 3.32. The first-order chi connectivity index (χ1) is 13.8. The summed E-state index contributed by atoms with van der Waals surface area (Å²) in [6, 6.07) is 23.7. The zero-order valence-corrected chi connectivity index (χ0v) is 16.0. The molecular formula is C23H22N2O3. The number of benzene rings is 3. The molecule has 0 amide bonds. The molecular weight excluding hydrogens is 352 g/mol. The van der Waals surface area contributed by atoms with Gasteiger partial charge in [-0.15, -0.1) is 0 Å². The van der Waals surface area contributed by atoms with Crippen LogP contribution >= 0.6 is 0 Å². The summed E-state index contributed by atoms with van der Waals surface area (Å²) in [6.07, 6.45) is 0. The first kappa shape index (κ1) is 17.9. The highest BCUT2D eigenvalue weighted by molar-refractivity contribution is 5.80. The van der Waals surface area contributed by atoms with Gasteiger partial charge >= 0.3 is 0 Å². The molecule has 0 radical (unpaired) electrons. The van der Waals surface area contributed by atoms with Crippen molar-refractivity contribution in [1.82, 2.24) is 9.55 Å². The van der Waals surface area contributed by atoms with Crippen LogP contribution in [0.25, 0.3) is 22.4 Å². The number of rotatable bonds is 7. The summed E-state index contributed by atoms with van der Waals surface area (Å²) in [5.41, 5.74) is 3.09. The van der Waals surface area contributed by atoms with Gasteiger partial charge in [0.15, 0.2) is 0 Å². The predicted octanol–water partition coefficient (Wildman–Crippen LogP) is 4.80. The van der Waals surface area contributed by atoms with E-state index in [0.29, 0.717) is 13.2 Å². The van der Waals surface area contributed by atoms with Crippen molar-refractivity contribution >= 4 is 11.0 Å². The second-order valence-electron chi connectivity index (χ2n) is 6.33. The van der Waals surface area contributed by atoms with Crippen molar-refractivity contribution in [3.05, 3.63) is 72.8 Å². The number of methoxy groups -OCH3 is 2. The van der Waals surface area contributed by atoms with Crippen LogP contribution in [-0.4, -0.2) is 30.4 Å². The number of hydrogen-bond donors (Lipinski definition) is 0. The lowest BCUT2D eigenvalue weighted by atomic mass is 10.2. The van der Waals surface area contributed by atoms with Crippen LogP contribution in [0.15, 0.2) is 72.8 Å². The fourth-order valence-electron chi connectivity index (χ4n) is 3.21. The van der Waals surface area contributed by atoms with Crippen molar-refractivity contribution in [3.63, 3.8) is 0 Å². The van der Waals surface area contributed by atoms with E-state index in [9.17, 15) is 0 Å². The molecule has 4 aromatic rings. The Labute approximate surface area is 164 Å². The van der Waals surface area contributed by atoms with Crippen molar-refractivity contribution < 1.29 is 14.2 Å². The lowest BCUT2D eigenvalue weighted by molar-refractivity contribution is 0.298. The first-order valence-electron chi connectivity index (χ1n) is 9.15. The van der Waals surface area contributed by atoms with Crippen molar-refractivity contribution in [2.45, 2.75) is 6.54 Å². The second kappa shape index (κ2) is 8.05. The summed E-state index contributed by atoms with van der Waals surface area (Å²) in [5.74, 6) is 3.31. The Morgan fingerprint density at radius 1 is 0.786 bits per heavy atom. The molecule has 1 heterocycles. The second-order valence-corrected chi connectivity index (χ2v) is 6.33. The Balaban J connectivity index is 1.61. The number of hydrogen-bond acceptors (Lipinski definition) is 4. The Kier molecular flexibility index (Phi) is 5.15. The number of aromatic nitrogens is 2. The third-order valence-corrected chi connectivity index (χ3v) is 4.63. The maximum Gasteiger partial charge on any atom is 0.141 e. The Morgan fingerprint density at radius 3 is 2.32 bits per heavy atom. The Morgan fingerprint density at radius 2 is 1.54 bits per heavy atom. The Hall–Kier alpha value is -3.47. The van der Waals surface area contributed by atoms with Gasteiger partial charge in [-0.25, -0.2) is 4.98 Å². The number of ether oxygens (including phenoxy) is 3. The molecule has 0 N–H and O–H groups in total. The highest BCUT2D eigenvalue weighted by Crippen LogP contribution is 2.26. The van der Waals surface area contributed by atoms with Crippen LogP contribution in [0, 0.1) is 0 Å². The standard InChI is InChI=1S/C23H22N2O3/c1-26-18-12-10-17(11-13-18)23-24-21-8-3-4-9-22(21)25(23)14-15-28-20-7-5-6-19(16-20)27-2/h3-13,16H,14-15H2,1-2H3. The molecule has 0 bridgehead atoms. The van der Waals surface area contributed by atoms with E-state index in [-0.39, 0.29) is 0 Å². The Bertz CT molecular complexity index is 1070. The summed E-state index contributed by atoms with van der Waals surface area (Å²) in [4.78, 5) is 4.84. The van der Waals surface area contributed by atoms with E-state index in [4.69, 9.17) is 19.2 Å². The van der Waals surface area contributed by atoms with E-state index in [1.807, 2.05) is 66.7 Å². The van der Waals surface area contributed by atoms with Gasteiger partial charge in [0.2, 0.25) is 0 Å². The van der Waals surface area contributed by atoms with Gasteiger partial charge in [0.25, 0.3) is 0 Å². The molecule has 0 spiro atoms. The SMILES string of the molecule is COc1ccc(-c2nc3ccccc3n2CCOc2cccc(OC)c2)cc1. The van der Waals surface area contributed by atoms with Gasteiger partial charge in [0.05, 0.1) is 31.8 Å². The fourth-order valence-corrected chi connectivity index (χ4v) is 3.21. The molecule has 3 aromatic carbocycles. The van der Waals surface area contributed by atoms with E-state index < -0.39 is 0 Å². The lowest BCUT2D eigenvalue weighted by Crippen LogP contribution is -2.09. The van der Waals surface area contributed by atoms with Gasteiger partial charge in [-0.1, -0.05) is 18.2 Å². The molecule has 0 atom stereocenters. The van der Waals surface area contributed by atoms with Crippen LogP contribution in [0.1, 0.15) is 0 Å². The van der Waals surface area contributed by atoms with Gasteiger partial charge in [0, 0.05) is 11.6 Å². The predicted molar refractivity (Wildman–Crippen MR) is 110 cm³/mol. The average Bonchev–Trinajstić information content (AvgIpc) is 3.13. The fraction of sp³-hybridized carbons (Fsp3) is 0.174. The van der Waals surface area contributed by atoms with E-state index in [1.54, 1.807) is 14.2 Å². The largest absolute Gasteiger partial charge is 0.497 e.